The first-order valence-corrected chi connectivity index (χ1v) is 10.7. The van der Waals surface area contributed by atoms with E-state index in [1.807, 2.05) is 24.3 Å². The second kappa shape index (κ2) is 11.3. The van der Waals surface area contributed by atoms with Crippen molar-refractivity contribution >= 4 is 29.4 Å². The molecule has 2 heterocycles. The Bertz CT molecular complexity index is 1120. The molecule has 1 aromatic carbocycles. The van der Waals surface area contributed by atoms with Gasteiger partial charge in [-0.3, -0.25) is 9.59 Å². The molecule has 2 aromatic heterocycles. The predicted molar refractivity (Wildman–Crippen MR) is 129 cm³/mol. The van der Waals surface area contributed by atoms with Gasteiger partial charge in [-0.1, -0.05) is 19.9 Å². The number of rotatable bonds is 10. The van der Waals surface area contributed by atoms with E-state index in [1.54, 1.807) is 20.2 Å². The van der Waals surface area contributed by atoms with Gasteiger partial charge < -0.3 is 19.4 Å². The highest BCUT2D eigenvalue weighted by molar-refractivity contribution is 5.85. The fourth-order valence-corrected chi connectivity index (χ4v) is 3.94. The van der Waals surface area contributed by atoms with Crippen LogP contribution in [0.15, 0.2) is 35.3 Å². The SMILES string of the molecule is COCCn1c(-c2c[nH]c(=O)c(C)c2)nc2cc(CC[C@@H](CC(C)C)C(=O)O)ccc21.Cl. The third-order valence-electron chi connectivity index (χ3n) is 5.57. The molecule has 3 aromatic rings. The normalized spacial score (nSPS) is 12.2. The average Bonchev–Trinajstić information content (AvgIpc) is 3.08. The molecule has 8 heteroatoms. The number of carboxylic acid groups (broad SMARTS) is 1. The van der Waals surface area contributed by atoms with Crippen molar-refractivity contribution in [3.05, 3.63) is 51.9 Å². The van der Waals surface area contributed by atoms with Crippen molar-refractivity contribution in [3.8, 4) is 11.4 Å². The summed E-state index contributed by atoms with van der Waals surface area (Å²) in [7, 11) is 1.66. The Morgan fingerprint density at radius 3 is 2.66 bits per heavy atom. The molecule has 0 radical (unpaired) electrons. The minimum atomic E-state index is -0.727. The van der Waals surface area contributed by atoms with Crippen molar-refractivity contribution in [2.45, 2.75) is 46.6 Å². The fraction of sp³-hybridized carbons (Fsp3) is 0.458. The van der Waals surface area contributed by atoms with Gasteiger partial charge in [-0.05, 0) is 55.9 Å². The number of hydrogen-bond acceptors (Lipinski definition) is 4. The molecule has 174 valence electrons. The van der Waals surface area contributed by atoms with E-state index < -0.39 is 5.97 Å². The Balaban J connectivity index is 0.00000363. The molecule has 32 heavy (non-hydrogen) atoms. The molecular weight excluding hydrogens is 430 g/mol. The van der Waals surface area contributed by atoms with Gasteiger partial charge in [0.15, 0.2) is 0 Å². The standard InChI is InChI=1S/C24H31N3O4.ClH/c1-15(2)11-18(24(29)30)7-5-17-6-8-21-20(13-17)26-22(27(21)9-10-31-4)19-12-16(3)23(28)25-14-19;/h6,8,12-15,18H,5,7,9-11H2,1-4H3,(H,25,28)(H,29,30);1H/t18-;/m0./s1. The number of pyridine rings is 1. The van der Waals surface area contributed by atoms with Crippen molar-refractivity contribution in [1.82, 2.24) is 14.5 Å². The Kier molecular flexibility index (Phi) is 9.04. The smallest absolute Gasteiger partial charge is 0.306 e. The maximum Gasteiger partial charge on any atom is 0.306 e. The number of nitrogens with one attached hydrogen (secondary N) is 1. The van der Waals surface area contributed by atoms with Gasteiger partial charge >= 0.3 is 5.97 Å². The number of methoxy groups -OCH3 is 1. The number of aryl methyl sites for hydroxylation is 2. The zero-order chi connectivity index (χ0) is 22.5. The van der Waals surface area contributed by atoms with Gasteiger partial charge in [0, 0.05) is 31.0 Å². The summed E-state index contributed by atoms with van der Waals surface area (Å²) in [5.41, 5.74) is 4.27. The Hall–Kier alpha value is -2.64. The van der Waals surface area contributed by atoms with Gasteiger partial charge in [0.25, 0.3) is 5.56 Å². The van der Waals surface area contributed by atoms with E-state index in [2.05, 4.69) is 23.4 Å². The number of aromatic amines is 1. The first-order valence-electron chi connectivity index (χ1n) is 10.7. The number of carbonyl (C=O) groups is 1. The van der Waals surface area contributed by atoms with Crippen LogP contribution in [-0.4, -0.2) is 39.3 Å². The molecule has 0 saturated heterocycles. The highest BCUT2D eigenvalue weighted by Crippen LogP contribution is 2.26. The van der Waals surface area contributed by atoms with Crippen LogP contribution in [0.5, 0.6) is 0 Å². The summed E-state index contributed by atoms with van der Waals surface area (Å²) in [6.07, 6.45) is 3.66. The van der Waals surface area contributed by atoms with E-state index in [1.165, 1.54) is 0 Å². The highest BCUT2D eigenvalue weighted by atomic mass is 35.5. The number of fused-ring (bicyclic) bond motifs is 1. The Morgan fingerprint density at radius 1 is 1.28 bits per heavy atom. The van der Waals surface area contributed by atoms with Gasteiger partial charge in [0.2, 0.25) is 0 Å². The van der Waals surface area contributed by atoms with Crippen LogP contribution in [-0.2, 0) is 22.5 Å². The van der Waals surface area contributed by atoms with Crippen LogP contribution in [0.4, 0.5) is 0 Å². The van der Waals surface area contributed by atoms with Crippen LogP contribution < -0.4 is 5.56 Å². The van der Waals surface area contributed by atoms with Gasteiger partial charge in [0.1, 0.15) is 5.82 Å². The van der Waals surface area contributed by atoms with E-state index in [0.29, 0.717) is 43.9 Å². The number of carboxylic acids is 1. The summed E-state index contributed by atoms with van der Waals surface area (Å²) in [5.74, 6) is 0.0548. The topological polar surface area (TPSA) is 97.2 Å². The quantitative estimate of drug-likeness (QED) is 0.465. The molecule has 0 spiro atoms. The van der Waals surface area contributed by atoms with Gasteiger partial charge in [-0.15, -0.1) is 12.4 Å². The third-order valence-corrected chi connectivity index (χ3v) is 5.57. The summed E-state index contributed by atoms with van der Waals surface area (Å²) in [6, 6.07) is 7.96. The number of halogens is 1. The molecule has 2 N–H and O–H groups in total. The van der Waals surface area contributed by atoms with Crippen molar-refractivity contribution in [2.75, 3.05) is 13.7 Å². The molecule has 7 nitrogen and oxygen atoms in total. The van der Waals surface area contributed by atoms with Gasteiger partial charge in [-0.2, -0.15) is 0 Å². The zero-order valence-corrected chi connectivity index (χ0v) is 19.9. The van der Waals surface area contributed by atoms with Gasteiger partial charge in [0.05, 0.1) is 23.6 Å². The number of H-pyrrole nitrogens is 1. The third kappa shape index (κ3) is 5.99. The summed E-state index contributed by atoms with van der Waals surface area (Å²) in [5, 5.41) is 9.51. The number of aliphatic carboxylic acids is 1. The van der Waals surface area contributed by atoms with E-state index in [0.717, 1.165) is 28.0 Å². The predicted octanol–water partition coefficient (Wildman–Crippen LogP) is 4.45. The minimum absolute atomic E-state index is 0. The van der Waals surface area contributed by atoms with Crippen LogP contribution in [0.2, 0.25) is 0 Å². The van der Waals surface area contributed by atoms with Crippen molar-refractivity contribution in [3.63, 3.8) is 0 Å². The molecular formula is C24H32ClN3O4. The van der Waals surface area contributed by atoms with Crippen LogP contribution in [0.1, 0.15) is 37.8 Å². The molecule has 1 atom stereocenters. The van der Waals surface area contributed by atoms with E-state index in [4.69, 9.17) is 9.72 Å². The number of benzene rings is 1. The lowest BCUT2D eigenvalue weighted by molar-refractivity contribution is -0.142. The zero-order valence-electron chi connectivity index (χ0n) is 19.1. The summed E-state index contributed by atoms with van der Waals surface area (Å²) < 4.78 is 7.37. The maximum absolute atomic E-state index is 11.8. The molecule has 0 aliphatic carbocycles. The van der Waals surface area contributed by atoms with Gasteiger partial charge in [-0.25, -0.2) is 4.98 Å². The fourth-order valence-electron chi connectivity index (χ4n) is 3.94. The molecule has 0 saturated carbocycles. The molecule has 0 bridgehead atoms. The molecule has 0 aliphatic rings. The number of ether oxygens (including phenoxy) is 1. The summed E-state index contributed by atoms with van der Waals surface area (Å²) in [6.45, 7) is 7.05. The lowest BCUT2D eigenvalue weighted by atomic mass is 9.91. The first kappa shape index (κ1) is 25.6. The average molecular weight is 462 g/mol. The van der Waals surface area contributed by atoms with Crippen molar-refractivity contribution in [2.24, 2.45) is 11.8 Å². The van der Waals surface area contributed by atoms with E-state index >= 15 is 0 Å². The Labute approximate surface area is 194 Å². The van der Waals surface area contributed by atoms with E-state index in [9.17, 15) is 14.7 Å². The molecule has 0 amide bonds. The monoisotopic (exact) mass is 461 g/mol. The van der Waals surface area contributed by atoms with Crippen LogP contribution in [0.25, 0.3) is 22.4 Å². The summed E-state index contributed by atoms with van der Waals surface area (Å²) in [4.78, 5) is 31.0. The van der Waals surface area contributed by atoms with Crippen molar-refractivity contribution < 1.29 is 14.6 Å². The number of nitrogens with zero attached hydrogens (tertiary/aromatic N) is 2. The van der Waals surface area contributed by atoms with Crippen LogP contribution in [0.3, 0.4) is 0 Å². The second-order valence-electron chi connectivity index (χ2n) is 8.51. The molecule has 0 unspecified atom stereocenters. The maximum atomic E-state index is 11.8. The second-order valence-corrected chi connectivity index (χ2v) is 8.51. The lowest BCUT2D eigenvalue weighted by Crippen LogP contribution is -2.16. The number of hydrogen-bond donors (Lipinski definition) is 2. The summed E-state index contributed by atoms with van der Waals surface area (Å²) >= 11 is 0. The molecule has 0 fully saturated rings. The molecule has 0 aliphatic heterocycles. The largest absolute Gasteiger partial charge is 0.481 e. The van der Waals surface area contributed by atoms with Crippen LogP contribution in [0, 0.1) is 18.8 Å². The van der Waals surface area contributed by atoms with E-state index in [-0.39, 0.29) is 23.9 Å². The molecule has 3 rings (SSSR count). The van der Waals surface area contributed by atoms with Crippen molar-refractivity contribution in [1.29, 1.82) is 0 Å². The minimum Gasteiger partial charge on any atom is -0.481 e. The highest BCUT2D eigenvalue weighted by Gasteiger charge is 2.19. The van der Waals surface area contributed by atoms with Crippen LogP contribution >= 0.6 is 12.4 Å². The number of imidazole rings is 1. The first-order chi connectivity index (χ1) is 14.8. The number of aromatic nitrogens is 3. The Morgan fingerprint density at radius 2 is 2.03 bits per heavy atom. The lowest BCUT2D eigenvalue weighted by Gasteiger charge is -2.14.